The number of hydrogen-bond donors (Lipinski definition) is 4. The molecule has 1 saturated carbocycles. The second kappa shape index (κ2) is 6.87. The van der Waals surface area contributed by atoms with Crippen LogP contribution in [0.5, 0.6) is 5.75 Å². The maximum absolute atomic E-state index is 11.9. The molecule has 0 aliphatic heterocycles. The van der Waals surface area contributed by atoms with Gasteiger partial charge in [-0.3, -0.25) is 0 Å². The predicted octanol–water partition coefficient (Wildman–Crippen LogP) is 3.23. The molecule has 0 unspecified atom stereocenters. The summed E-state index contributed by atoms with van der Waals surface area (Å²) in [6.07, 6.45) is 3.77. The Morgan fingerprint density at radius 3 is 2.54 bits per heavy atom. The van der Waals surface area contributed by atoms with Crippen LogP contribution >= 0.6 is 0 Å². The summed E-state index contributed by atoms with van der Waals surface area (Å²) in [5.74, 6) is 0.572. The number of nitrogens with one attached hydrogen (secondary N) is 1. The summed E-state index contributed by atoms with van der Waals surface area (Å²) < 4.78 is 0. The maximum atomic E-state index is 11.9. The molecule has 0 heterocycles. The van der Waals surface area contributed by atoms with Crippen molar-refractivity contribution in [2.24, 2.45) is 5.92 Å². The first-order chi connectivity index (χ1) is 13.4. The average Bonchev–Trinajstić information content (AvgIpc) is 2.69. The van der Waals surface area contributed by atoms with Crippen LogP contribution in [0.4, 0.5) is 0 Å². The molecule has 4 atom stereocenters. The Hall–Kier alpha value is -1.88. The molecule has 2 aromatic rings. The van der Waals surface area contributed by atoms with E-state index in [1.165, 1.54) is 11.1 Å². The number of fused-ring (bicyclic) bond motifs is 3. The van der Waals surface area contributed by atoms with E-state index >= 15 is 0 Å². The maximum Gasteiger partial charge on any atom is 0.120 e. The fraction of sp³-hybridized carbons (Fsp3) is 0.500. The first-order valence-electron chi connectivity index (χ1n) is 10.4. The van der Waals surface area contributed by atoms with E-state index in [0.29, 0.717) is 25.1 Å². The van der Waals surface area contributed by atoms with Gasteiger partial charge in [0.25, 0.3) is 0 Å². The van der Waals surface area contributed by atoms with Gasteiger partial charge in [-0.15, -0.1) is 0 Å². The summed E-state index contributed by atoms with van der Waals surface area (Å²) in [4.78, 5) is 0. The van der Waals surface area contributed by atoms with Crippen LogP contribution in [-0.4, -0.2) is 34.5 Å². The summed E-state index contributed by atoms with van der Waals surface area (Å²) in [7, 11) is 1.82. The molecule has 4 N–H and O–H groups in total. The molecule has 2 aromatic carbocycles. The predicted molar refractivity (Wildman–Crippen MR) is 110 cm³/mol. The number of aryl methyl sites for hydroxylation is 1. The Morgan fingerprint density at radius 2 is 1.86 bits per heavy atom. The van der Waals surface area contributed by atoms with E-state index in [9.17, 15) is 15.3 Å². The Bertz CT molecular complexity index is 854. The van der Waals surface area contributed by atoms with E-state index in [1.807, 2.05) is 49.5 Å². The van der Waals surface area contributed by atoms with Crippen molar-refractivity contribution < 1.29 is 15.3 Å². The lowest BCUT2D eigenvalue weighted by molar-refractivity contribution is -0.211. The van der Waals surface area contributed by atoms with Crippen molar-refractivity contribution in [2.75, 3.05) is 13.6 Å². The lowest BCUT2D eigenvalue weighted by Crippen LogP contribution is -2.66. The first kappa shape index (κ1) is 19.4. The molecule has 2 aliphatic rings. The van der Waals surface area contributed by atoms with Crippen LogP contribution in [0, 0.1) is 5.92 Å². The number of phenolic OH excluding ortho intramolecular Hbond substituents is 1. The zero-order valence-corrected chi connectivity index (χ0v) is 16.8. The summed E-state index contributed by atoms with van der Waals surface area (Å²) in [6, 6.07) is 15.3. The number of likely N-dealkylation sites (N-methyl/N-ethyl adjacent to an activating group) is 1. The van der Waals surface area contributed by atoms with Crippen LogP contribution in [-0.2, 0) is 17.4 Å². The largest absolute Gasteiger partial charge is 0.508 e. The number of phenols is 1. The molecule has 4 nitrogen and oxygen atoms in total. The van der Waals surface area contributed by atoms with E-state index in [-0.39, 0.29) is 11.3 Å². The van der Waals surface area contributed by atoms with Crippen LogP contribution in [0.15, 0.2) is 48.5 Å². The summed E-state index contributed by atoms with van der Waals surface area (Å²) in [6.45, 7) is 2.50. The Kier molecular flexibility index (Phi) is 4.77. The molecule has 2 aliphatic carbocycles. The molecule has 0 bridgehead atoms. The molecule has 4 rings (SSSR count). The lowest BCUT2D eigenvalue weighted by atomic mass is 9.48. The highest BCUT2D eigenvalue weighted by Crippen LogP contribution is 2.60. The second-order valence-electron chi connectivity index (χ2n) is 8.76. The molecule has 0 spiro atoms. The van der Waals surface area contributed by atoms with Gasteiger partial charge in [0.05, 0.1) is 0 Å². The topological polar surface area (TPSA) is 72.7 Å². The third-order valence-corrected chi connectivity index (χ3v) is 7.44. The highest BCUT2D eigenvalue weighted by Gasteiger charge is 2.62. The van der Waals surface area contributed by atoms with Gasteiger partial charge in [-0.2, -0.15) is 0 Å². The van der Waals surface area contributed by atoms with Crippen LogP contribution in [0.25, 0.3) is 0 Å². The molecule has 1 fully saturated rings. The van der Waals surface area contributed by atoms with Crippen molar-refractivity contribution in [1.29, 1.82) is 0 Å². The molecule has 28 heavy (non-hydrogen) atoms. The molecule has 0 saturated heterocycles. The van der Waals surface area contributed by atoms with Gasteiger partial charge < -0.3 is 20.6 Å². The highest BCUT2D eigenvalue weighted by molar-refractivity contribution is 5.45. The summed E-state index contributed by atoms with van der Waals surface area (Å²) >= 11 is 0. The van der Waals surface area contributed by atoms with Crippen molar-refractivity contribution in [3.05, 3.63) is 65.2 Å². The van der Waals surface area contributed by atoms with E-state index < -0.39 is 11.2 Å². The van der Waals surface area contributed by atoms with E-state index in [1.54, 1.807) is 6.07 Å². The van der Waals surface area contributed by atoms with Crippen molar-refractivity contribution in [3.63, 3.8) is 0 Å². The van der Waals surface area contributed by atoms with Crippen molar-refractivity contribution in [3.8, 4) is 5.75 Å². The van der Waals surface area contributed by atoms with Crippen molar-refractivity contribution >= 4 is 0 Å². The van der Waals surface area contributed by atoms with Crippen LogP contribution in [0.1, 0.15) is 49.3 Å². The molecular weight excluding hydrogens is 350 g/mol. The Labute approximate surface area is 167 Å². The van der Waals surface area contributed by atoms with Crippen molar-refractivity contribution in [1.82, 2.24) is 5.32 Å². The summed E-state index contributed by atoms with van der Waals surface area (Å²) in [5.41, 5.74) is 0.406. The zero-order valence-electron chi connectivity index (χ0n) is 16.8. The standard InChI is InChI=1S/C24H31NO3/c1-3-22-15-23(27,16-25-2)24(28,18-7-5-4-6-8-18)14-19(22)10-9-17-13-20(26)11-12-21(17)22/h4-8,11-13,19,25-28H,3,9-10,14-16H2,1-2H3/t19-,22-,23+,24-/m1/s1. The van der Waals surface area contributed by atoms with Crippen LogP contribution in [0.3, 0.4) is 0 Å². The highest BCUT2D eigenvalue weighted by atomic mass is 16.4. The molecule has 4 heteroatoms. The van der Waals surface area contributed by atoms with E-state index in [4.69, 9.17) is 0 Å². The lowest BCUT2D eigenvalue weighted by Gasteiger charge is -2.60. The minimum absolute atomic E-state index is 0.201. The van der Waals surface area contributed by atoms with E-state index in [0.717, 1.165) is 24.8 Å². The van der Waals surface area contributed by atoms with Crippen LogP contribution in [0.2, 0.25) is 0 Å². The summed E-state index contributed by atoms with van der Waals surface area (Å²) in [5, 5.41) is 36.9. The normalized spacial score (nSPS) is 34.5. The Balaban J connectivity index is 1.86. The van der Waals surface area contributed by atoms with Crippen LogP contribution < -0.4 is 5.32 Å². The Morgan fingerprint density at radius 1 is 1.11 bits per heavy atom. The number of benzene rings is 2. The van der Waals surface area contributed by atoms with Gasteiger partial charge >= 0.3 is 0 Å². The fourth-order valence-corrected chi connectivity index (χ4v) is 6.06. The number of hydrogen-bond acceptors (Lipinski definition) is 4. The molecule has 0 aromatic heterocycles. The second-order valence-corrected chi connectivity index (χ2v) is 8.76. The molecule has 0 radical (unpaired) electrons. The number of aliphatic hydroxyl groups is 2. The minimum Gasteiger partial charge on any atom is -0.508 e. The molecule has 0 amide bonds. The minimum atomic E-state index is -1.30. The molecular formula is C24H31NO3. The van der Waals surface area contributed by atoms with Gasteiger partial charge in [-0.1, -0.05) is 43.3 Å². The van der Waals surface area contributed by atoms with Gasteiger partial charge in [-0.05, 0) is 73.9 Å². The molecule has 150 valence electrons. The fourth-order valence-electron chi connectivity index (χ4n) is 6.06. The van der Waals surface area contributed by atoms with Gasteiger partial charge in [0.2, 0.25) is 0 Å². The first-order valence-corrected chi connectivity index (χ1v) is 10.4. The zero-order chi connectivity index (χ0) is 20.0. The SMILES string of the molecule is CC[C@@]12C[C@](O)(CNC)[C@](O)(c3ccccc3)C[C@H]1CCc1cc(O)ccc12. The number of aromatic hydroxyl groups is 1. The van der Waals surface area contributed by atoms with E-state index in [2.05, 4.69) is 12.2 Å². The van der Waals surface area contributed by atoms with Crippen molar-refractivity contribution in [2.45, 2.75) is 55.6 Å². The van der Waals surface area contributed by atoms with Gasteiger partial charge in [-0.25, -0.2) is 0 Å². The number of rotatable bonds is 4. The van der Waals surface area contributed by atoms with Gasteiger partial charge in [0.1, 0.15) is 17.0 Å². The smallest absolute Gasteiger partial charge is 0.120 e. The third kappa shape index (κ3) is 2.70. The van der Waals surface area contributed by atoms with Gasteiger partial charge in [0, 0.05) is 12.0 Å². The van der Waals surface area contributed by atoms with Gasteiger partial charge in [0.15, 0.2) is 0 Å². The monoisotopic (exact) mass is 381 g/mol. The average molecular weight is 382 g/mol. The quantitative estimate of drug-likeness (QED) is 0.656. The third-order valence-electron chi connectivity index (χ3n) is 7.44.